The summed E-state index contributed by atoms with van der Waals surface area (Å²) in [5.74, 6) is 0.127. The number of fused-ring (bicyclic) bond motifs is 1. The van der Waals surface area contributed by atoms with Crippen LogP contribution >= 0.6 is 0 Å². The fourth-order valence-electron chi connectivity index (χ4n) is 4.75. The van der Waals surface area contributed by atoms with E-state index >= 15 is 0 Å². The van der Waals surface area contributed by atoms with Crippen LogP contribution in [0.15, 0.2) is 77.6 Å². The van der Waals surface area contributed by atoms with Crippen LogP contribution in [-0.2, 0) is 0 Å². The van der Waals surface area contributed by atoms with E-state index in [-0.39, 0.29) is 11.3 Å². The van der Waals surface area contributed by atoms with Gasteiger partial charge in [-0.25, -0.2) is 9.18 Å². The lowest BCUT2D eigenvalue weighted by Crippen LogP contribution is -2.27. The number of rotatable bonds is 14. The van der Waals surface area contributed by atoms with E-state index in [0.717, 1.165) is 32.2 Å². The summed E-state index contributed by atoms with van der Waals surface area (Å²) in [5.41, 5.74) is 1.77. The molecule has 0 fully saturated rings. The first-order valence-electron chi connectivity index (χ1n) is 13.5. The van der Waals surface area contributed by atoms with Crippen LogP contribution in [0.4, 0.5) is 9.18 Å². The molecule has 1 amide bonds. The number of phenolic OH excluding ortho intramolecular Hbond substituents is 1. The first kappa shape index (κ1) is 29.6. The van der Waals surface area contributed by atoms with Crippen molar-refractivity contribution in [2.75, 3.05) is 19.7 Å². The van der Waals surface area contributed by atoms with E-state index in [1.165, 1.54) is 24.3 Å². The van der Waals surface area contributed by atoms with E-state index in [4.69, 9.17) is 4.74 Å². The predicted octanol–water partition coefficient (Wildman–Crippen LogP) is 4.99. The molecule has 0 saturated heterocycles. The quantitative estimate of drug-likeness (QED) is 0.119. The second-order valence-corrected chi connectivity index (χ2v) is 9.78. The third-order valence-corrected chi connectivity index (χ3v) is 6.76. The summed E-state index contributed by atoms with van der Waals surface area (Å²) in [7, 11) is 0. The smallest absolute Gasteiger partial charge is 0.405 e. The number of hydrogen-bond acceptors (Lipinski definition) is 6. The fraction of sp³-hybridized carbons (Fsp3) is 0.290. The second kappa shape index (κ2) is 14.3. The first-order valence-corrected chi connectivity index (χ1v) is 13.5. The van der Waals surface area contributed by atoms with Crippen molar-refractivity contribution in [3.63, 3.8) is 0 Å². The Morgan fingerprint density at radius 1 is 0.951 bits per heavy atom. The molecule has 2 atom stereocenters. The first-order chi connectivity index (χ1) is 19.8. The zero-order valence-electron chi connectivity index (χ0n) is 22.5. The highest BCUT2D eigenvalue weighted by atomic mass is 19.1. The summed E-state index contributed by atoms with van der Waals surface area (Å²) in [4.78, 5) is 25.5. The number of aliphatic hydroxyl groups is 1. The topological polar surface area (TPSA) is 144 Å². The monoisotopic (exact) mass is 563 g/mol. The highest BCUT2D eigenvalue weighted by molar-refractivity contribution is 5.87. The van der Waals surface area contributed by atoms with Gasteiger partial charge < -0.3 is 35.7 Å². The van der Waals surface area contributed by atoms with Gasteiger partial charge in [-0.3, -0.25) is 4.79 Å². The molecule has 41 heavy (non-hydrogen) atoms. The van der Waals surface area contributed by atoms with Gasteiger partial charge in [0.05, 0.1) is 24.3 Å². The molecule has 1 unspecified atom stereocenters. The molecule has 0 spiro atoms. The standard InChI is InChI=1S/C31H34FN3O6/c32-22-9-5-7-20(17-22)29(35-31(39)40)21-8-6-10-23(18-21)41-16-4-2-1-3-15-33-19-27(37)24-11-13-26(36)30-25(24)12-14-28(38)34-30/h5-14,17-18,27,29,33,35-37H,1-4,15-16,19H2,(H,34,38)(H,39,40)/t27-,29?/m0/s1. The van der Waals surface area contributed by atoms with Gasteiger partial charge in [-0.2, -0.15) is 0 Å². The van der Waals surface area contributed by atoms with Crippen molar-refractivity contribution in [1.29, 1.82) is 0 Å². The lowest BCUT2D eigenvalue weighted by Gasteiger charge is -2.19. The molecular weight excluding hydrogens is 529 g/mol. The van der Waals surface area contributed by atoms with E-state index in [2.05, 4.69) is 15.6 Å². The zero-order valence-corrected chi connectivity index (χ0v) is 22.5. The number of halogens is 1. The Labute approximate surface area is 236 Å². The minimum Gasteiger partial charge on any atom is -0.506 e. The number of amides is 1. The van der Waals surface area contributed by atoms with E-state index < -0.39 is 24.1 Å². The summed E-state index contributed by atoms with van der Waals surface area (Å²) in [6, 6.07) is 18.3. The van der Waals surface area contributed by atoms with Crippen LogP contribution < -0.4 is 20.9 Å². The normalized spacial score (nSPS) is 12.6. The lowest BCUT2D eigenvalue weighted by molar-refractivity contribution is 0.176. The molecule has 4 aromatic rings. The van der Waals surface area contributed by atoms with E-state index in [0.29, 0.717) is 46.5 Å². The van der Waals surface area contributed by atoms with Crippen LogP contribution in [0.2, 0.25) is 0 Å². The van der Waals surface area contributed by atoms with Crippen molar-refractivity contribution in [3.05, 3.63) is 106 Å². The highest BCUT2D eigenvalue weighted by Gasteiger charge is 2.18. The van der Waals surface area contributed by atoms with Gasteiger partial charge in [-0.1, -0.05) is 43.2 Å². The molecule has 10 heteroatoms. The fourth-order valence-corrected chi connectivity index (χ4v) is 4.75. The molecule has 9 nitrogen and oxygen atoms in total. The van der Waals surface area contributed by atoms with Gasteiger partial charge in [-0.05, 0) is 72.5 Å². The second-order valence-electron chi connectivity index (χ2n) is 9.78. The number of carboxylic acid groups (broad SMARTS) is 1. The number of aromatic hydroxyl groups is 1. The largest absolute Gasteiger partial charge is 0.506 e. The molecule has 0 aliphatic rings. The Morgan fingerprint density at radius 2 is 1.71 bits per heavy atom. The third-order valence-electron chi connectivity index (χ3n) is 6.76. The van der Waals surface area contributed by atoms with Crippen LogP contribution in [0.25, 0.3) is 10.9 Å². The number of hydrogen-bond donors (Lipinski definition) is 6. The summed E-state index contributed by atoms with van der Waals surface area (Å²) >= 11 is 0. The molecule has 1 heterocycles. The van der Waals surface area contributed by atoms with Crippen molar-refractivity contribution in [2.45, 2.75) is 37.8 Å². The van der Waals surface area contributed by atoms with Gasteiger partial charge in [0.25, 0.3) is 0 Å². The van der Waals surface area contributed by atoms with Crippen molar-refractivity contribution >= 4 is 17.0 Å². The van der Waals surface area contributed by atoms with Crippen molar-refractivity contribution < 1.29 is 29.2 Å². The molecule has 0 saturated carbocycles. The van der Waals surface area contributed by atoms with Crippen LogP contribution in [0.3, 0.4) is 0 Å². The maximum atomic E-state index is 13.7. The average Bonchev–Trinajstić information content (AvgIpc) is 2.95. The van der Waals surface area contributed by atoms with Gasteiger partial charge >= 0.3 is 6.09 Å². The number of aromatic nitrogens is 1. The van der Waals surface area contributed by atoms with Crippen molar-refractivity contribution in [2.24, 2.45) is 0 Å². The lowest BCUT2D eigenvalue weighted by atomic mass is 9.98. The summed E-state index contributed by atoms with van der Waals surface area (Å²) < 4.78 is 19.6. The number of aliphatic hydroxyl groups excluding tert-OH is 1. The van der Waals surface area contributed by atoms with Crippen LogP contribution in [0.5, 0.6) is 11.5 Å². The number of nitrogens with one attached hydrogen (secondary N) is 3. The SMILES string of the molecule is O=C(O)NC(c1cccc(F)c1)c1cccc(OCCCCCCNC[C@H](O)c2ccc(O)c3[nH]c(=O)ccc23)c1. The predicted molar refractivity (Wildman–Crippen MR) is 154 cm³/mol. The number of aromatic amines is 1. The Morgan fingerprint density at radius 3 is 2.49 bits per heavy atom. The van der Waals surface area contributed by atoms with Crippen molar-refractivity contribution in [3.8, 4) is 11.5 Å². The van der Waals surface area contributed by atoms with E-state index in [9.17, 15) is 29.3 Å². The molecule has 0 bridgehead atoms. The molecule has 6 N–H and O–H groups in total. The van der Waals surface area contributed by atoms with E-state index in [1.54, 1.807) is 48.5 Å². The minimum atomic E-state index is -1.21. The third kappa shape index (κ3) is 8.29. The number of carbonyl (C=O) groups is 1. The number of H-pyrrole nitrogens is 1. The van der Waals surface area contributed by atoms with E-state index in [1.807, 2.05) is 0 Å². The van der Waals surface area contributed by atoms with Crippen LogP contribution in [0, 0.1) is 5.82 Å². The minimum absolute atomic E-state index is 0.0402. The molecule has 0 radical (unpaired) electrons. The zero-order chi connectivity index (χ0) is 29.2. The Hall–Kier alpha value is -4.41. The number of pyridine rings is 1. The van der Waals surface area contributed by atoms with Gasteiger partial charge in [-0.15, -0.1) is 0 Å². The average molecular weight is 564 g/mol. The molecule has 1 aromatic heterocycles. The van der Waals surface area contributed by atoms with Crippen molar-refractivity contribution in [1.82, 2.24) is 15.6 Å². The molecule has 216 valence electrons. The molecule has 3 aromatic carbocycles. The Kier molecular flexibility index (Phi) is 10.3. The summed E-state index contributed by atoms with van der Waals surface area (Å²) in [6.45, 7) is 1.57. The maximum Gasteiger partial charge on any atom is 0.405 e. The number of unbranched alkanes of at least 4 members (excludes halogenated alkanes) is 3. The molecule has 4 rings (SSSR count). The van der Waals surface area contributed by atoms with Gasteiger partial charge in [0.1, 0.15) is 17.3 Å². The summed E-state index contributed by atoms with van der Waals surface area (Å²) in [6.07, 6.45) is 1.68. The van der Waals surface area contributed by atoms with Crippen LogP contribution in [-0.4, -0.2) is 46.1 Å². The maximum absolute atomic E-state index is 13.7. The molecule has 0 aliphatic heterocycles. The highest BCUT2D eigenvalue weighted by Crippen LogP contribution is 2.29. The molecular formula is C31H34FN3O6. The molecule has 0 aliphatic carbocycles. The number of ether oxygens (including phenoxy) is 1. The Bertz CT molecular complexity index is 1530. The Balaban J connectivity index is 1.17. The number of benzene rings is 3. The number of phenols is 1. The summed E-state index contributed by atoms with van der Waals surface area (Å²) in [5, 5.41) is 36.2. The van der Waals surface area contributed by atoms with Crippen LogP contribution in [0.1, 0.15) is 54.5 Å². The van der Waals surface area contributed by atoms with Gasteiger partial charge in [0.2, 0.25) is 5.56 Å². The van der Waals surface area contributed by atoms with Gasteiger partial charge in [0, 0.05) is 18.0 Å². The van der Waals surface area contributed by atoms with Gasteiger partial charge in [0.15, 0.2) is 0 Å².